The van der Waals surface area contributed by atoms with Gasteiger partial charge in [0.2, 0.25) is 11.8 Å². The summed E-state index contributed by atoms with van der Waals surface area (Å²) in [6.45, 7) is 3.76. The van der Waals surface area contributed by atoms with Gasteiger partial charge in [-0.15, -0.1) is 10.2 Å². The van der Waals surface area contributed by atoms with Crippen molar-refractivity contribution in [1.29, 1.82) is 0 Å². The van der Waals surface area contributed by atoms with Gasteiger partial charge >= 0.3 is 0 Å². The monoisotopic (exact) mass is 258 g/mol. The molecule has 1 aromatic rings. The molecule has 0 aliphatic rings. The highest BCUT2D eigenvalue weighted by Crippen LogP contribution is 2.26. The molecule has 17 heavy (non-hydrogen) atoms. The number of nitrogens with zero attached hydrogens (tertiary/aromatic N) is 3. The summed E-state index contributed by atoms with van der Waals surface area (Å²) >= 11 is 1.18. The van der Waals surface area contributed by atoms with Crippen LogP contribution in [0.15, 0.2) is 9.64 Å². The van der Waals surface area contributed by atoms with Gasteiger partial charge in [-0.3, -0.25) is 9.69 Å². The van der Waals surface area contributed by atoms with Crippen molar-refractivity contribution in [1.82, 2.24) is 15.1 Å². The standard InChI is InChI=1S/C10H18N4O2S/c1-5-7(14(3)4)9-12-13-10(16-9)17-6(2)8(11)15/h6-7H,5H2,1-4H3,(H2,11,15)/t6-,7+/m1/s1. The zero-order valence-corrected chi connectivity index (χ0v) is 11.3. The number of carbonyl (C=O) groups excluding carboxylic acids is 1. The van der Waals surface area contributed by atoms with Crippen LogP contribution in [0.2, 0.25) is 0 Å². The smallest absolute Gasteiger partial charge is 0.277 e. The van der Waals surface area contributed by atoms with Gasteiger partial charge in [-0.05, 0) is 27.4 Å². The van der Waals surface area contributed by atoms with E-state index in [2.05, 4.69) is 10.2 Å². The molecule has 6 nitrogen and oxygen atoms in total. The van der Waals surface area contributed by atoms with E-state index in [0.717, 1.165) is 6.42 Å². The average molecular weight is 258 g/mol. The number of thioether (sulfide) groups is 1. The van der Waals surface area contributed by atoms with Crippen LogP contribution in [0.5, 0.6) is 0 Å². The Kier molecular flexibility index (Phi) is 4.95. The molecule has 0 saturated heterocycles. The Morgan fingerprint density at radius 2 is 2.18 bits per heavy atom. The van der Waals surface area contributed by atoms with Gasteiger partial charge in [-0.2, -0.15) is 0 Å². The molecule has 0 aliphatic heterocycles. The molecule has 1 heterocycles. The number of nitrogens with two attached hydrogens (primary N) is 1. The minimum Gasteiger partial charge on any atom is -0.414 e. The Labute approximate surface area is 105 Å². The van der Waals surface area contributed by atoms with Gasteiger partial charge in [0, 0.05) is 0 Å². The molecule has 0 aliphatic carbocycles. The molecule has 1 rings (SSSR count). The fourth-order valence-corrected chi connectivity index (χ4v) is 2.01. The van der Waals surface area contributed by atoms with E-state index in [1.54, 1.807) is 6.92 Å². The Morgan fingerprint density at radius 1 is 1.53 bits per heavy atom. The van der Waals surface area contributed by atoms with Gasteiger partial charge in [0.1, 0.15) is 0 Å². The first-order valence-corrected chi connectivity index (χ1v) is 6.29. The molecule has 0 saturated carbocycles. The van der Waals surface area contributed by atoms with Crippen LogP contribution in [-0.4, -0.2) is 40.3 Å². The van der Waals surface area contributed by atoms with Crippen molar-refractivity contribution < 1.29 is 9.21 Å². The summed E-state index contributed by atoms with van der Waals surface area (Å²) in [5.74, 6) is 0.172. The Morgan fingerprint density at radius 3 is 2.65 bits per heavy atom. The van der Waals surface area contributed by atoms with Gasteiger partial charge in [0.05, 0.1) is 11.3 Å². The van der Waals surface area contributed by atoms with Crippen LogP contribution < -0.4 is 5.73 Å². The van der Waals surface area contributed by atoms with Crippen LogP contribution in [-0.2, 0) is 4.79 Å². The third-order valence-corrected chi connectivity index (χ3v) is 3.35. The fraction of sp³-hybridized carbons (Fsp3) is 0.700. The number of carbonyl (C=O) groups is 1. The molecular formula is C10H18N4O2S. The van der Waals surface area contributed by atoms with Crippen LogP contribution in [0.1, 0.15) is 32.2 Å². The van der Waals surface area contributed by atoms with Crippen LogP contribution >= 0.6 is 11.8 Å². The number of primary amides is 1. The summed E-state index contributed by atoms with van der Waals surface area (Å²) in [6.07, 6.45) is 0.880. The molecule has 96 valence electrons. The molecule has 7 heteroatoms. The highest BCUT2D eigenvalue weighted by molar-refractivity contribution is 8.00. The third kappa shape index (κ3) is 3.71. The zero-order chi connectivity index (χ0) is 13.0. The molecule has 0 spiro atoms. The average Bonchev–Trinajstić information content (AvgIpc) is 2.66. The van der Waals surface area contributed by atoms with Crippen LogP contribution in [0.25, 0.3) is 0 Å². The SMILES string of the molecule is CC[C@@H](c1nnc(S[C@H](C)C(N)=O)o1)N(C)C. The first-order valence-electron chi connectivity index (χ1n) is 5.41. The summed E-state index contributed by atoms with van der Waals surface area (Å²) in [4.78, 5) is 12.9. The predicted octanol–water partition coefficient (Wildman–Crippen LogP) is 1.05. The lowest BCUT2D eigenvalue weighted by Gasteiger charge is -2.18. The molecule has 0 fully saturated rings. The van der Waals surface area contributed by atoms with Gasteiger partial charge in [-0.25, -0.2) is 0 Å². The minimum absolute atomic E-state index is 0.0979. The third-order valence-electron chi connectivity index (χ3n) is 2.40. The predicted molar refractivity (Wildman–Crippen MR) is 65.5 cm³/mol. The van der Waals surface area contributed by atoms with Crippen molar-refractivity contribution in [3.05, 3.63) is 5.89 Å². The van der Waals surface area contributed by atoms with Crippen LogP contribution in [0, 0.1) is 0 Å². The zero-order valence-electron chi connectivity index (χ0n) is 10.5. The first kappa shape index (κ1) is 14.0. The summed E-state index contributed by atoms with van der Waals surface area (Å²) < 4.78 is 5.51. The maximum Gasteiger partial charge on any atom is 0.277 e. The first-order chi connectivity index (χ1) is 7.95. The summed E-state index contributed by atoms with van der Waals surface area (Å²) in [5, 5.41) is 7.90. The molecule has 2 N–H and O–H groups in total. The van der Waals surface area contributed by atoms with Crippen molar-refractivity contribution in [2.24, 2.45) is 5.73 Å². The molecule has 0 radical (unpaired) electrons. The van der Waals surface area contributed by atoms with Crippen LogP contribution in [0.4, 0.5) is 0 Å². The highest BCUT2D eigenvalue weighted by atomic mass is 32.2. The molecule has 1 aromatic heterocycles. The van der Waals surface area contributed by atoms with Gasteiger partial charge in [-0.1, -0.05) is 18.7 Å². The van der Waals surface area contributed by atoms with Gasteiger partial charge in [0.15, 0.2) is 0 Å². The van der Waals surface area contributed by atoms with E-state index >= 15 is 0 Å². The van der Waals surface area contributed by atoms with Crippen molar-refractivity contribution in [3.8, 4) is 0 Å². The molecule has 0 aromatic carbocycles. The van der Waals surface area contributed by atoms with E-state index in [1.807, 2.05) is 25.9 Å². The lowest BCUT2D eigenvalue weighted by molar-refractivity contribution is -0.117. The van der Waals surface area contributed by atoms with Gasteiger partial charge < -0.3 is 10.2 Å². The number of aromatic nitrogens is 2. The fourth-order valence-electron chi connectivity index (χ4n) is 1.37. The topological polar surface area (TPSA) is 85.2 Å². The van der Waals surface area contributed by atoms with Crippen LogP contribution in [0.3, 0.4) is 0 Å². The number of rotatable bonds is 6. The second-order valence-corrected chi connectivity index (χ2v) is 5.25. The number of amides is 1. The van der Waals surface area contributed by atoms with Crippen molar-refractivity contribution >= 4 is 17.7 Å². The summed E-state index contributed by atoms with van der Waals surface area (Å²) in [5.41, 5.74) is 5.17. The Bertz CT molecular complexity index is 380. The number of hydrogen-bond acceptors (Lipinski definition) is 6. The largest absolute Gasteiger partial charge is 0.414 e. The minimum atomic E-state index is -0.394. The van der Waals surface area contributed by atoms with E-state index in [9.17, 15) is 4.79 Å². The number of hydrogen-bond donors (Lipinski definition) is 1. The van der Waals surface area contributed by atoms with E-state index < -0.39 is 5.91 Å². The summed E-state index contributed by atoms with van der Waals surface area (Å²) in [6, 6.07) is 0.0979. The Hall–Kier alpha value is -1.08. The molecule has 0 bridgehead atoms. The Balaban J connectivity index is 2.74. The quantitative estimate of drug-likeness (QED) is 0.768. The van der Waals surface area contributed by atoms with Crippen molar-refractivity contribution in [2.45, 2.75) is 36.8 Å². The lowest BCUT2D eigenvalue weighted by Crippen LogP contribution is -2.22. The summed E-state index contributed by atoms with van der Waals surface area (Å²) in [7, 11) is 3.91. The molecule has 0 unspecified atom stereocenters. The van der Waals surface area contributed by atoms with E-state index in [-0.39, 0.29) is 11.3 Å². The molecular weight excluding hydrogens is 240 g/mol. The maximum absolute atomic E-state index is 10.9. The van der Waals surface area contributed by atoms with Crippen molar-refractivity contribution in [2.75, 3.05) is 14.1 Å². The highest BCUT2D eigenvalue weighted by Gasteiger charge is 2.21. The molecule has 1 amide bonds. The van der Waals surface area contributed by atoms with Crippen molar-refractivity contribution in [3.63, 3.8) is 0 Å². The normalized spacial score (nSPS) is 14.9. The lowest BCUT2D eigenvalue weighted by atomic mass is 10.2. The second kappa shape index (κ2) is 6.02. The molecule has 2 atom stereocenters. The van der Waals surface area contributed by atoms with E-state index in [1.165, 1.54) is 11.8 Å². The van der Waals surface area contributed by atoms with E-state index in [4.69, 9.17) is 10.2 Å². The van der Waals surface area contributed by atoms with E-state index in [0.29, 0.717) is 11.1 Å². The van der Waals surface area contributed by atoms with Gasteiger partial charge in [0.25, 0.3) is 5.22 Å². The second-order valence-electron chi connectivity index (χ2n) is 3.96. The maximum atomic E-state index is 10.9.